The Morgan fingerprint density at radius 1 is 1.10 bits per heavy atom. The Bertz CT molecular complexity index is 706. The SMILES string of the molecule is Oc1c(F)cccc1CNCc1nc2ccccc2[nH]1. The van der Waals surface area contributed by atoms with E-state index < -0.39 is 5.82 Å². The molecule has 3 N–H and O–H groups in total. The molecule has 1 aromatic heterocycles. The van der Waals surface area contributed by atoms with Crippen molar-refractivity contribution < 1.29 is 9.50 Å². The fourth-order valence-corrected chi connectivity index (χ4v) is 2.11. The van der Waals surface area contributed by atoms with Crippen LogP contribution in [0.1, 0.15) is 11.4 Å². The number of aromatic hydroxyl groups is 1. The molecular formula is C15H14FN3O. The van der Waals surface area contributed by atoms with Gasteiger partial charge in [0.15, 0.2) is 11.6 Å². The average Bonchev–Trinajstić information content (AvgIpc) is 2.86. The number of aromatic nitrogens is 2. The Morgan fingerprint density at radius 3 is 2.80 bits per heavy atom. The maximum absolute atomic E-state index is 13.2. The molecule has 102 valence electrons. The second-order valence-corrected chi connectivity index (χ2v) is 4.55. The third-order valence-electron chi connectivity index (χ3n) is 3.12. The Balaban J connectivity index is 1.66. The molecule has 0 spiro atoms. The number of H-pyrrole nitrogens is 1. The molecule has 5 heteroatoms. The van der Waals surface area contributed by atoms with Crippen molar-refractivity contribution in [2.45, 2.75) is 13.1 Å². The van der Waals surface area contributed by atoms with Crippen molar-refractivity contribution in [2.24, 2.45) is 0 Å². The quantitative estimate of drug-likeness (QED) is 0.683. The number of hydrogen-bond acceptors (Lipinski definition) is 3. The molecule has 0 aliphatic carbocycles. The van der Waals surface area contributed by atoms with Gasteiger partial charge in [-0.1, -0.05) is 24.3 Å². The van der Waals surface area contributed by atoms with E-state index in [-0.39, 0.29) is 5.75 Å². The van der Waals surface area contributed by atoms with E-state index in [2.05, 4.69) is 15.3 Å². The van der Waals surface area contributed by atoms with Crippen LogP contribution in [0.3, 0.4) is 0 Å². The van der Waals surface area contributed by atoms with Gasteiger partial charge >= 0.3 is 0 Å². The maximum Gasteiger partial charge on any atom is 0.165 e. The summed E-state index contributed by atoms with van der Waals surface area (Å²) in [6.45, 7) is 0.894. The molecule has 0 atom stereocenters. The first-order valence-corrected chi connectivity index (χ1v) is 6.35. The van der Waals surface area contributed by atoms with Gasteiger partial charge in [0.1, 0.15) is 5.82 Å². The zero-order valence-corrected chi connectivity index (χ0v) is 10.7. The lowest BCUT2D eigenvalue weighted by molar-refractivity contribution is 0.423. The lowest BCUT2D eigenvalue weighted by Crippen LogP contribution is -2.14. The fraction of sp³-hybridized carbons (Fsp3) is 0.133. The van der Waals surface area contributed by atoms with Crippen LogP contribution in [0.25, 0.3) is 11.0 Å². The smallest absolute Gasteiger partial charge is 0.165 e. The first-order chi connectivity index (χ1) is 9.74. The van der Waals surface area contributed by atoms with E-state index in [1.807, 2.05) is 24.3 Å². The number of benzene rings is 2. The minimum absolute atomic E-state index is 0.301. The van der Waals surface area contributed by atoms with Crippen LogP contribution in [0.5, 0.6) is 5.75 Å². The van der Waals surface area contributed by atoms with E-state index in [1.54, 1.807) is 12.1 Å². The second kappa shape index (κ2) is 5.30. The van der Waals surface area contributed by atoms with Gasteiger partial charge in [-0.25, -0.2) is 9.37 Å². The minimum Gasteiger partial charge on any atom is -0.505 e. The number of para-hydroxylation sites is 3. The van der Waals surface area contributed by atoms with Crippen LogP contribution < -0.4 is 5.32 Å². The molecular weight excluding hydrogens is 257 g/mol. The number of nitrogens with one attached hydrogen (secondary N) is 2. The Labute approximate surface area is 115 Å². The van der Waals surface area contributed by atoms with Gasteiger partial charge in [-0.05, 0) is 18.2 Å². The number of rotatable bonds is 4. The van der Waals surface area contributed by atoms with E-state index in [1.165, 1.54) is 6.07 Å². The van der Waals surface area contributed by atoms with Crippen molar-refractivity contribution in [2.75, 3.05) is 0 Å². The molecule has 1 heterocycles. The number of halogens is 1. The van der Waals surface area contributed by atoms with Crippen LogP contribution in [0, 0.1) is 5.82 Å². The van der Waals surface area contributed by atoms with E-state index in [9.17, 15) is 9.50 Å². The number of phenols is 1. The van der Waals surface area contributed by atoms with Crippen LogP contribution in [-0.2, 0) is 13.1 Å². The highest BCUT2D eigenvalue weighted by molar-refractivity contribution is 5.74. The third-order valence-corrected chi connectivity index (χ3v) is 3.12. The van der Waals surface area contributed by atoms with Crippen LogP contribution in [-0.4, -0.2) is 15.1 Å². The van der Waals surface area contributed by atoms with Gasteiger partial charge in [0.05, 0.1) is 17.6 Å². The van der Waals surface area contributed by atoms with Gasteiger partial charge in [-0.3, -0.25) is 0 Å². The molecule has 0 unspecified atom stereocenters. The van der Waals surface area contributed by atoms with Gasteiger partial charge in [-0.15, -0.1) is 0 Å². The number of phenolic OH excluding ortho intramolecular Hbond substituents is 1. The zero-order valence-electron chi connectivity index (χ0n) is 10.7. The van der Waals surface area contributed by atoms with Gasteiger partial charge in [0, 0.05) is 12.1 Å². The summed E-state index contributed by atoms with van der Waals surface area (Å²) >= 11 is 0. The van der Waals surface area contributed by atoms with Gasteiger partial charge in [-0.2, -0.15) is 0 Å². The predicted octanol–water partition coefficient (Wildman–Crippen LogP) is 2.70. The third kappa shape index (κ3) is 2.48. The lowest BCUT2D eigenvalue weighted by atomic mass is 10.2. The molecule has 0 fully saturated rings. The summed E-state index contributed by atoms with van der Waals surface area (Å²) in [7, 11) is 0. The molecule has 0 aliphatic heterocycles. The highest BCUT2D eigenvalue weighted by Gasteiger charge is 2.06. The van der Waals surface area contributed by atoms with Gasteiger partial charge < -0.3 is 15.4 Å². The molecule has 0 radical (unpaired) electrons. The largest absolute Gasteiger partial charge is 0.505 e. The van der Waals surface area contributed by atoms with Crippen LogP contribution in [0.2, 0.25) is 0 Å². The first-order valence-electron chi connectivity index (χ1n) is 6.35. The summed E-state index contributed by atoms with van der Waals surface area (Å²) in [6.07, 6.45) is 0. The number of hydrogen-bond donors (Lipinski definition) is 3. The number of fused-ring (bicyclic) bond motifs is 1. The predicted molar refractivity (Wildman–Crippen MR) is 74.7 cm³/mol. The first kappa shape index (κ1) is 12.6. The number of imidazole rings is 1. The topological polar surface area (TPSA) is 60.9 Å². The monoisotopic (exact) mass is 271 g/mol. The van der Waals surface area contributed by atoms with Crippen LogP contribution in [0.4, 0.5) is 4.39 Å². The summed E-state index contributed by atoms with van der Waals surface area (Å²) < 4.78 is 13.2. The Hall–Kier alpha value is -2.40. The van der Waals surface area contributed by atoms with E-state index >= 15 is 0 Å². The highest BCUT2D eigenvalue weighted by atomic mass is 19.1. The molecule has 3 rings (SSSR count). The van der Waals surface area contributed by atoms with Gasteiger partial charge in [0.25, 0.3) is 0 Å². The van der Waals surface area contributed by atoms with Gasteiger partial charge in [0.2, 0.25) is 0 Å². The van der Waals surface area contributed by atoms with Crippen molar-refractivity contribution in [1.82, 2.24) is 15.3 Å². The zero-order chi connectivity index (χ0) is 13.9. The molecule has 4 nitrogen and oxygen atoms in total. The molecule has 2 aromatic carbocycles. The number of aromatic amines is 1. The normalized spacial score (nSPS) is 11.1. The summed E-state index contributed by atoms with van der Waals surface area (Å²) in [4.78, 5) is 7.63. The summed E-state index contributed by atoms with van der Waals surface area (Å²) in [5.41, 5.74) is 2.43. The molecule has 0 saturated heterocycles. The average molecular weight is 271 g/mol. The molecule has 0 aliphatic rings. The second-order valence-electron chi connectivity index (χ2n) is 4.55. The molecule has 0 saturated carbocycles. The maximum atomic E-state index is 13.2. The molecule has 0 bridgehead atoms. The van der Waals surface area contributed by atoms with Crippen LogP contribution >= 0.6 is 0 Å². The highest BCUT2D eigenvalue weighted by Crippen LogP contribution is 2.20. The van der Waals surface area contributed by atoms with Crippen molar-refractivity contribution in [3.05, 3.63) is 59.7 Å². The van der Waals surface area contributed by atoms with E-state index in [4.69, 9.17) is 0 Å². The molecule has 20 heavy (non-hydrogen) atoms. The lowest BCUT2D eigenvalue weighted by Gasteiger charge is -2.06. The van der Waals surface area contributed by atoms with Crippen molar-refractivity contribution >= 4 is 11.0 Å². The Kier molecular flexibility index (Phi) is 3.35. The van der Waals surface area contributed by atoms with Crippen molar-refractivity contribution in [3.63, 3.8) is 0 Å². The van der Waals surface area contributed by atoms with Crippen molar-refractivity contribution in [1.29, 1.82) is 0 Å². The van der Waals surface area contributed by atoms with Crippen LogP contribution in [0.15, 0.2) is 42.5 Å². The number of nitrogens with zero attached hydrogens (tertiary/aromatic N) is 1. The summed E-state index contributed by atoms with van der Waals surface area (Å²) in [5, 5.41) is 12.7. The van der Waals surface area contributed by atoms with E-state index in [0.29, 0.717) is 18.7 Å². The standard InChI is InChI=1S/C15H14FN3O/c16-11-5-3-4-10(15(11)20)8-17-9-14-18-12-6-1-2-7-13(12)19-14/h1-7,17,20H,8-9H2,(H,18,19). The van der Waals surface area contributed by atoms with Crippen molar-refractivity contribution in [3.8, 4) is 5.75 Å². The molecule has 0 amide bonds. The summed E-state index contributed by atoms with van der Waals surface area (Å²) in [5.74, 6) is -0.0975. The molecule has 3 aromatic rings. The Morgan fingerprint density at radius 2 is 1.95 bits per heavy atom. The summed E-state index contributed by atoms with van der Waals surface area (Å²) in [6, 6.07) is 12.3. The van der Waals surface area contributed by atoms with E-state index in [0.717, 1.165) is 16.9 Å². The minimum atomic E-state index is -0.604. The fourth-order valence-electron chi connectivity index (χ4n) is 2.11.